The van der Waals surface area contributed by atoms with E-state index in [1.807, 2.05) is 79.7 Å². The van der Waals surface area contributed by atoms with E-state index in [0.29, 0.717) is 69.3 Å². The third kappa shape index (κ3) is 15.3. The molecule has 0 spiro atoms. The number of fused-ring (bicyclic) bond motifs is 4. The lowest BCUT2D eigenvalue weighted by Gasteiger charge is -2.50. The zero-order valence-corrected chi connectivity index (χ0v) is 49.5. The number of aryl methyl sites for hydroxylation is 2. The molecule has 0 amide bonds. The van der Waals surface area contributed by atoms with Crippen molar-refractivity contribution in [1.29, 1.82) is 0 Å². The monoisotopic (exact) mass is 1120 g/mol. The van der Waals surface area contributed by atoms with E-state index < -0.39 is 107 Å². The smallest absolute Gasteiger partial charge is 0.341 e. The van der Waals surface area contributed by atoms with Crippen LogP contribution in [0.25, 0.3) is 10.9 Å². The number of pyridine rings is 1. The number of carboxylic acids is 1. The number of cyclic esters (lactones) is 1. The fourth-order valence-corrected chi connectivity index (χ4v) is 12.7. The summed E-state index contributed by atoms with van der Waals surface area (Å²) >= 11 is 0. The number of ether oxygens (including phenoxy) is 9. The molecule has 4 saturated heterocycles. The number of carbonyl (C=O) groups excluding carboxylic acids is 2. The number of aromatic nitrogens is 1. The summed E-state index contributed by atoms with van der Waals surface area (Å²) < 4.78 is 60.1. The van der Waals surface area contributed by atoms with E-state index in [1.165, 1.54) is 13.3 Å². The van der Waals surface area contributed by atoms with E-state index in [2.05, 4.69) is 4.90 Å². The van der Waals surface area contributed by atoms with Crippen molar-refractivity contribution in [2.45, 2.75) is 230 Å². The Bertz CT molecular complexity index is 2400. The molecular weight excluding hydrogens is 1020 g/mol. The van der Waals surface area contributed by atoms with E-state index in [9.17, 15) is 39.6 Å². The van der Waals surface area contributed by atoms with Gasteiger partial charge in [-0.3, -0.25) is 14.4 Å². The van der Waals surface area contributed by atoms with Gasteiger partial charge in [-0.25, -0.2) is 4.79 Å². The average Bonchev–Trinajstić information content (AvgIpc) is 3.48. The molecule has 18 atom stereocenters. The van der Waals surface area contributed by atoms with E-state index in [-0.39, 0.29) is 55.5 Å². The van der Waals surface area contributed by atoms with Crippen LogP contribution in [0.3, 0.4) is 0 Å². The molecule has 4 aliphatic heterocycles. The summed E-state index contributed by atoms with van der Waals surface area (Å²) in [5, 5.41) is 47.2. The number of hydrogen-bond donors (Lipinski definition) is 4. The Morgan fingerprint density at radius 1 is 0.924 bits per heavy atom. The van der Waals surface area contributed by atoms with E-state index >= 15 is 0 Å². The fraction of sp³-hybridized carbons (Fsp3) is 0.797. The number of rotatable bonds is 20. The Balaban J connectivity index is 1.13. The summed E-state index contributed by atoms with van der Waals surface area (Å²) in [6, 6.07) is 4.87. The second-order valence-electron chi connectivity index (χ2n) is 24.1. The molecule has 0 radical (unpaired) electrons. The highest BCUT2D eigenvalue weighted by atomic mass is 16.7. The van der Waals surface area contributed by atoms with Crippen LogP contribution in [-0.2, 0) is 65.2 Å². The van der Waals surface area contributed by atoms with E-state index in [1.54, 1.807) is 38.3 Å². The van der Waals surface area contributed by atoms with Gasteiger partial charge >= 0.3 is 17.9 Å². The van der Waals surface area contributed by atoms with Gasteiger partial charge in [-0.15, -0.1) is 0 Å². The van der Waals surface area contributed by atoms with Gasteiger partial charge in [0.15, 0.2) is 18.7 Å². The Hall–Kier alpha value is -3.64. The number of nitrogens with zero attached hydrogens (tertiary/aromatic N) is 3. The summed E-state index contributed by atoms with van der Waals surface area (Å²) in [4.78, 5) is 56.8. The number of benzene rings is 1. The standard InChI is InChI=1S/C59H95N3O17/c1-15-45-59(10,70)51-37(6)61(13)31-34(3)29-57(8,69)53(79-56-49(65)44(60(11)12)27-35(4)74-56)42(33-73-51)50(36(5)55(68)76-45)78-47-30-58(9,71-14)52(38(7)75-47)77-46(63)22-18-17-19-25-72-26-20-21-39-23-24-43-40(28-39)48(64)41(54(66)67)32-62(43)16-2/h23-24,28,32,34-38,42,44-45,47,49-53,56,65,69-70H,15-22,25-27,29-31,33H2,1-14H3,(H,66,67)/t34-,35-,36-,37-,38+,42+,44+,45-,47+,49-,50-,51-,52+,53-,56+,57-,58-,59-/m1/s1. The zero-order valence-electron chi connectivity index (χ0n) is 49.5. The minimum atomic E-state index is -1.65. The molecular formula is C59H95N3O17. The molecule has 4 N–H and O–H groups in total. The Kier molecular flexibility index (Phi) is 22.6. The molecule has 20 nitrogen and oxygen atoms in total. The summed E-state index contributed by atoms with van der Waals surface area (Å²) in [6.45, 7) is 20.2. The molecule has 1 aromatic heterocycles. The van der Waals surface area contributed by atoms with Crippen molar-refractivity contribution in [3.05, 3.63) is 45.7 Å². The first-order valence-corrected chi connectivity index (χ1v) is 28.8. The molecule has 6 rings (SSSR count). The molecule has 1 aromatic carbocycles. The number of hydrogen-bond acceptors (Lipinski definition) is 18. The third-order valence-corrected chi connectivity index (χ3v) is 17.3. The number of aliphatic hydroxyl groups excluding tert-OH is 1. The van der Waals surface area contributed by atoms with Crippen LogP contribution in [0.5, 0.6) is 0 Å². The second kappa shape index (κ2) is 27.6. The molecule has 0 saturated carbocycles. The van der Waals surface area contributed by atoms with Crippen LogP contribution >= 0.6 is 0 Å². The zero-order chi connectivity index (χ0) is 58.3. The number of unbranched alkanes of at least 4 members (excludes halogenated alkanes) is 2. The van der Waals surface area contributed by atoms with Crippen molar-refractivity contribution < 1.29 is 77.4 Å². The molecule has 2 aromatic rings. The fourth-order valence-electron chi connectivity index (χ4n) is 12.7. The van der Waals surface area contributed by atoms with Gasteiger partial charge in [0.05, 0.1) is 48.1 Å². The maximum atomic E-state index is 14.7. The van der Waals surface area contributed by atoms with Gasteiger partial charge in [0.2, 0.25) is 5.43 Å². The van der Waals surface area contributed by atoms with Crippen LogP contribution in [-0.4, -0.2) is 198 Å². The molecule has 5 heterocycles. The summed E-state index contributed by atoms with van der Waals surface area (Å²) in [7, 11) is 7.25. The lowest BCUT2D eigenvalue weighted by atomic mass is 9.77. The quantitative estimate of drug-likeness (QED) is 0.0916. The van der Waals surface area contributed by atoms with Crippen LogP contribution < -0.4 is 5.43 Å². The molecule has 0 unspecified atom stereocenters. The summed E-state index contributed by atoms with van der Waals surface area (Å²) in [6.07, 6.45) is -3.31. The molecule has 2 bridgehead atoms. The van der Waals surface area contributed by atoms with Crippen molar-refractivity contribution in [2.24, 2.45) is 17.8 Å². The van der Waals surface area contributed by atoms with Crippen molar-refractivity contribution in [1.82, 2.24) is 14.4 Å². The van der Waals surface area contributed by atoms with Gasteiger partial charge in [0.25, 0.3) is 0 Å². The predicted octanol–water partition coefficient (Wildman–Crippen LogP) is 5.71. The summed E-state index contributed by atoms with van der Waals surface area (Å²) in [5.41, 5.74) is -3.52. The topological polar surface area (TPSA) is 244 Å². The first-order valence-electron chi connectivity index (χ1n) is 28.8. The molecule has 79 heavy (non-hydrogen) atoms. The van der Waals surface area contributed by atoms with Crippen LogP contribution in [0.15, 0.2) is 29.2 Å². The molecule has 4 aliphatic rings. The lowest BCUT2D eigenvalue weighted by molar-refractivity contribution is -0.325. The molecule has 448 valence electrons. The van der Waals surface area contributed by atoms with E-state index in [0.717, 1.165) is 18.4 Å². The third-order valence-electron chi connectivity index (χ3n) is 17.3. The molecule has 0 aliphatic carbocycles. The van der Waals surface area contributed by atoms with Gasteiger partial charge in [-0.2, -0.15) is 0 Å². The Labute approximate surface area is 467 Å². The predicted molar refractivity (Wildman–Crippen MR) is 295 cm³/mol. The van der Waals surface area contributed by atoms with Crippen molar-refractivity contribution in [2.75, 3.05) is 54.6 Å². The normalized spacial score (nSPS) is 37.1. The number of aromatic carboxylic acids is 1. The maximum absolute atomic E-state index is 14.7. The first-order chi connectivity index (χ1) is 37.2. The van der Waals surface area contributed by atoms with Gasteiger partial charge in [-0.05, 0) is 145 Å². The van der Waals surface area contributed by atoms with Crippen LogP contribution in [0.1, 0.15) is 143 Å². The van der Waals surface area contributed by atoms with Gasteiger partial charge in [0.1, 0.15) is 35.1 Å². The number of carboxylic acid groups (broad SMARTS) is 1. The number of likely N-dealkylation sites (N-methyl/N-ethyl adjacent to an activating group) is 2. The van der Waals surface area contributed by atoms with Crippen molar-refractivity contribution in [3.63, 3.8) is 0 Å². The number of aliphatic hydroxyl groups is 3. The van der Waals surface area contributed by atoms with Crippen LogP contribution in [0.2, 0.25) is 0 Å². The summed E-state index contributed by atoms with van der Waals surface area (Å²) in [5.74, 6) is -4.42. The van der Waals surface area contributed by atoms with Gasteiger partial charge in [-0.1, -0.05) is 26.3 Å². The Morgan fingerprint density at radius 2 is 1.63 bits per heavy atom. The largest absolute Gasteiger partial charge is 0.477 e. The first kappa shape index (κ1) is 64.5. The highest BCUT2D eigenvalue weighted by molar-refractivity contribution is 5.92. The maximum Gasteiger partial charge on any atom is 0.341 e. The molecule has 4 fully saturated rings. The van der Waals surface area contributed by atoms with Gasteiger partial charge in [0, 0.05) is 75.8 Å². The van der Waals surface area contributed by atoms with Crippen molar-refractivity contribution >= 4 is 28.8 Å². The lowest BCUT2D eigenvalue weighted by Crippen LogP contribution is -2.63. The second-order valence-corrected chi connectivity index (χ2v) is 24.1. The highest BCUT2D eigenvalue weighted by Crippen LogP contribution is 2.43. The number of esters is 2. The van der Waals surface area contributed by atoms with Crippen molar-refractivity contribution in [3.8, 4) is 0 Å². The minimum Gasteiger partial charge on any atom is -0.477 e. The Morgan fingerprint density at radius 3 is 2.29 bits per heavy atom. The van der Waals surface area contributed by atoms with E-state index in [4.69, 9.17) is 42.6 Å². The average molecular weight is 1120 g/mol. The minimum absolute atomic E-state index is 0.0716. The number of carbonyl (C=O) groups is 3. The van der Waals surface area contributed by atoms with Gasteiger partial charge < -0.3 is 77.4 Å². The SMILES string of the molecule is CC[C@H]1OC(=O)[C@H](C)[C@@H](O[C@H]2C[C@@](C)(OC)[C@@H](OC(=O)CCCCCOCCCc3ccc4c(c3)c(=O)c(C(=O)O)cn4CC)[C@H](C)O2)[C@@H]2CO[C@H]([C@@H](C)N(C)C[C@H](C)C[C@@](C)(O)[C@@H]2O[C@@H]2O[C@H](C)C[C@H](N(C)C)[C@H]2O)[C@]1(C)O. The molecule has 20 heteroatoms. The van der Waals surface area contributed by atoms with Crippen LogP contribution in [0.4, 0.5) is 0 Å². The van der Waals surface area contributed by atoms with Crippen LogP contribution in [0, 0.1) is 17.8 Å². The highest BCUT2D eigenvalue weighted by Gasteiger charge is 2.56. The number of methoxy groups -OCH3 is 1.